The number of nitrogens with zero attached hydrogens (tertiary/aromatic N) is 4. The SMILES string of the molecule is Cc1nc2c(cnn2C(C)C)cc1C(=O)N(C)Cc1ccccc1Br. The molecule has 3 rings (SSSR count). The van der Waals surface area contributed by atoms with Gasteiger partial charge in [-0.15, -0.1) is 0 Å². The first-order valence-corrected chi connectivity index (χ1v) is 9.01. The molecule has 25 heavy (non-hydrogen) atoms. The zero-order chi connectivity index (χ0) is 18.1. The zero-order valence-corrected chi connectivity index (χ0v) is 16.4. The van der Waals surface area contributed by atoms with Gasteiger partial charge in [0, 0.05) is 29.5 Å². The summed E-state index contributed by atoms with van der Waals surface area (Å²) in [6.45, 7) is 6.53. The number of halogens is 1. The van der Waals surface area contributed by atoms with E-state index in [0.29, 0.717) is 12.1 Å². The molecule has 0 atom stereocenters. The van der Waals surface area contributed by atoms with Crippen LogP contribution < -0.4 is 0 Å². The van der Waals surface area contributed by atoms with E-state index in [4.69, 9.17) is 0 Å². The predicted molar refractivity (Wildman–Crippen MR) is 103 cm³/mol. The molecule has 0 fully saturated rings. The number of carbonyl (C=O) groups excluding carboxylic acids is 1. The van der Waals surface area contributed by atoms with Crippen molar-refractivity contribution in [3.05, 3.63) is 57.8 Å². The number of aryl methyl sites for hydroxylation is 1. The molecule has 3 aromatic rings. The molecule has 0 N–H and O–H groups in total. The first-order chi connectivity index (χ1) is 11.9. The summed E-state index contributed by atoms with van der Waals surface area (Å²) >= 11 is 3.53. The van der Waals surface area contributed by atoms with E-state index >= 15 is 0 Å². The highest BCUT2D eigenvalue weighted by atomic mass is 79.9. The summed E-state index contributed by atoms with van der Waals surface area (Å²) in [7, 11) is 1.81. The van der Waals surface area contributed by atoms with Crippen molar-refractivity contribution in [1.29, 1.82) is 0 Å². The Labute approximate surface area is 155 Å². The van der Waals surface area contributed by atoms with E-state index in [-0.39, 0.29) is 11.9 Å². The van der Waals surface area contributed by atoms with Gasteiger partial charge in [0.25, 0.3) is 5.91 Å². The van der Waals surface area contributed by atoms with E-state index < -0.39 is 0 Å². The van der Waals surface area contributed by atoms with Crippen LogP contribution in [0.5, 0.6) is 0 Å². The Morgan fingerprint density at radius 2 is 2.04 bits per heavy atom. The van der Waals surface area contributed by atoms with Crippen LogP contribution in [0.1, 0.15) is 41.5 Å². The van der Waals surface area contributed by atoms with Crippen LogP contribution in [0.4, 0.5) is 0 Å². The minimum Gasteiger partial charge on any atom is -0.337 e. The molecule has 0 unspecified atom stereocenters. The molecule has 130 valence electrons. The second-order valence-electron chi connectivity index (χ2n) is 6.47. The highest BCUT2D eigenvalue weighted by Crippen LogP contribution is 2.22. The molecule has 0 aliphatic carbocycles. The summed E-state index contributed by atoms with van der Waals surface area (Å²) in [6.07, 6.45) is 1.77. The standard InChI is InChI=1S/C19H21BrN4O/c1-12(2)24-18-15(10-21-24)9-16(13(3)22-18)19(25)23(4)11-14-7-5-6-8-17(14)20/h5-10,12H,11H2,1-4H3. The lowest BCUT2D eigenvalue weighted by atomic mass is 10.1. The molecule has 0 radical (unpaired) electrons. The quantitative estimate of drug-likeness (QED) is 0.653. The van der Waals surface area contributed by atoms with Crippen molar-refractivity contribution in [2.45, 2.75) is 33.4 Å². The Balaban J connectivity index is 1.91. The van der Waals surface area contributed by atoms with Gasteiger partial charge in [-0.25, -0.2) is 9.67 Å². The molecule has 2 aromatic heterocycles. The van der Waals surface area contributed by atoms with Crippen LogP contribution in [0.15, 0.2) is 41.0 Å². The Morgan fingerprint density at radius 1 is 1.32 bits per heavy atom. The number of amides is 1. The Bertz CT molecular complexity index is 932. The summed E-state index contributed by atoms with van der Waals surface area (Å²) in [4.78, 5) is 19.2. The molecule has 0 aliphatic heterocycles. The topological polar surface area (TPSA) is 51.0 Å². The van der Waals surface area contributed by atoms with Crippen LogP contribution in [0.25, 0.3) is 11.0 Å². The van der Waals surface area contributed by atoms with Crippen LogP contribution >= 0.6 is 15.9 Å². The van der Waals surface area contributed by atoms with E-state index in [0.717, 1.165) is 26.8 Å². The highest BCUT2D eigenvalue weighted by molar-refractivity contribution is 9.10. The van der Waals surface area contributed by atoms with Crippen molar-refractivity contribution in [3.63, 3.8) is 0 Å². The molecule has 0 saturated heterocycles. The van der Waals surface area contributed by atoms with Crippen LogP contribution in [0.3, 0.4) is 0 Å². The monoisotopic (exact) mass is 400 g/mol. The van der Waals surface area contributed by atoms with E-state index in [1.165, 1.54) is 0 Å². The van der Waals surface area contributed by atoms with Gasteiger partial charge in [0.05, 0.1) is 17.5 Å². The minimum atomic E-state index is -0.0417. The summed E-state index contributed by atoms with van der Waals surface area (Å²) < 4.78 is 2.87. The first kappa shape index (κ1) is 17.6. The second-order valence-corrected chi connectivity index (χ2v) is 7.32. The van der Waals surface area contributed by atoms with E-state index in [2.05, 4.69) is 39.9 Å². The van der Waals surface area contributed by atoms with Crippen molar-refractivity contribution >= 4 is 32.9 Å². The number of benzene rings is 1. The van der Waals surface area contributed by atoms with E-state index in [9.17, 15) is 4.79 Å². The third kappa shape index (κ3) is 3.44. The van der Waals surface area contributed by atoms with Crippen LogP contribution in [-0.2, 0) is 6.54 Å². The van der Waals surface area contributed by atoms with Gasteiger partial charge in [-0.1, -0.05) is 34.1 Å². The van der Waals surface area contributed by atoms with Crippen LogP contribution in [0, 0.1) is 6.92 Å². The second kappa shape index (κ2) is 6.96. The number of hydrogen-bond acceptors (Lipinski definition) is 3. The van der Waals surface area contributed by atoms with Gasteiger partial charge in [-0.2, -0.15) is 5.10 Å². The van der Waals surface area contributed by atoms with Crippen LogP contribution in [-0.4, -0.2) is 32.6 Å². The van der Waals surface area contributed by atoms with Crippen molar-refractivity contribution in [2.75, 3.05) is 7.05 Å². The maximum atomic E-state index is 12.9. The lowest BCUT2D eigenvalue weighted by Crippen LogP contribution is -2.27. The Morgan fingerprint density at radius 3 is 2.72 bits per heavy atom. The summed E-state index contributed by atoms with van der Waals surface area (Å²) in [5.41, 5.74) is 3.22. The van der Waals surface area contributed by atoms with Gasteiger partial charge in [-0.3, -0.25) is 4.79 Å². The molecular weight excluding hydrogens is 380 g/mol. The third-order valence-electron chi connectivity index (χ3n) is 4.19. The lowest BCUT2D eigenvalue weighted by Gasteiger charge is -2.19. The zero-order valence-electron chi connectivity index (χ0n) is 14.8. The van der Waals surface area contributed by atoms with Gasteiger partial charge < -0.3 is 4.90 Å². The number of hydrogen-bond donors (Lipinski definition) is 0. The van der Waals surface area contributed by atoms with Gasteiger partial charge in [0.15, 0.2) is 5.65 Å². The number of aromatic nitrogens is 3. The molecule has 0 bridgehead atoms. The van der Waals surface area contributed by atoms with Crippen molar-refractivity contribution in [1.82, 2.24) is 19.7 Å². The molecule has 6 heteroatoms. The van der Waals surface area contributed by atoms with Gasteiger partial charge >= 0.3 is 0 Å². The van der Waals surface area contributed by atoms with Crippen molar-refractivity contribution in [2.24, 2.45) is 0 Å². The summed E-state index contributed by atoms with van der Waals surface area (Å²) in [5.74, 6) is -0.0417. The van der Waals surface area contributed by atoms with Crippen LogP contribution in [0.2, 0.25) is 0 Å². The van der Waals surface area contributed by atoms with E-state index in [1.807, 2.05) is 49.0 Å². The fourth-order valence-corrected chi connectivity index (χ4v) is 3.23. The van der Waals surface area contributed by atoms with Crippen molar-refractivity contribution in [3.8, 4) is 0 Å². The molecule has 5 nitrogen and oxygen atoms in total. The van der Waals surface area contributed by atoms with Gasteiger partial charge in [0.2, 0.25) is 0 Å². The average Bonchev–Trinajstić information content (AvgIpc) is 2.98. The fraction of sp³-hybridized carbons (Fsp3) is 0.316. The maximum absolute atomic E-state index is 12.9. The molecule has 0 saturated carbocycles. The first-order valence-electron chi connectivity index (χ1n) is 8.22. The van der Waals surface area contributed by atoms with Gasteiger partial charge in [-0.05, 0) is 38.5 Å². The number of rotatable bonds is 4. The molecule has 2 heterocycles. The number of carbonyl (C=O) groups is 1. The predicted octanol–water partition coefficient (Wildman–Crippen LogP) is 4.36. The summed E-state index contributed by atoms with van der Waals surface area (Å²) in [6, 6.07) is 10.0. The fourth-order valence-electron chi connectivity index (χ4n) is 2.82. The Hall–Kier alpha value is -2.21. The summed E-state index contributed by atoms with van der Waals surface area (Å²) in [5, 5.41) is 5.27. The molecule has 0 spiro atoms. The molecular formula is C19H21BrN4O. The minimum absolute atomic E-state index is 0.0417. The molecule has 0 aliphatic rings. The normalized spacial score (nSPS) is 11.3. The smallest absolute Gasteiger partial charge is 0.255 e. The maximum Gasteiger partial charge on any atom is 0.255 e. The van der Waals surface area contributed by atoms with Gasteiger partial charge in [0.1, 0.15) is 0 Å². The van der Waals surface area contributed by atoms with Crippen molar-refractivity contribution < 1.29 is 4.79 Å². The lowest BCUT2D eigenvalue weighted by molar-refractivity contribution is 0.0784. The molecule has 1 aromatic carbocycles. The highest BCUT2D eigenvalue weighted by Gasteiger charge is 2.19. The number of fused-ring (bicyclic) bond motifs is 1. The molecule has 1 amide bonds. The average molecular weight is 401 g/mol. The Kier molecular flexibility index (Phi) is 4.90. The van der Waals surface area contributed by atoms with E-state index in [1.54, 1.807) is 11.1 Å². The largest absolute Gasteiger partial charge is 0.337 e. The number of pyridine rings is 1. The third-order valence-corrected chi connectivity index (χ3v) is 4.96.